The van der Waals surface area contributed by atoms with E-state index < -0.39 is 11.2 Å². The predicted molar refractivity (Wildman–Crippen MR) is 88.3 cm³/mol. The van der Waals surface area contributed by atoms with E-state index in [-0.39, 0.29) is 18.3 Å². The molecular formula is C18H28O5. The summed E-state index contributed by atoms with van der Waals surface area (Å²) in [5, 5.41) is 9.05. The van der Waals surface area contributed by atoms with Crippen LogP contribution >= 0.6 is 0 Å². The quantitative estimate of drug-likeness (QED) is 0.458. The highest BCUT2D eigenvalue weighted by molar-refractivity contribution is 5.69. The maximum atomic E-state index is 11.6. The molecule has 0 radical (unpaired) electrons. The number of carbonyl (C=O) groups excluding carboxylic acids is 1. The van der Waals surface area contributed by atoms with Crippen LogP contribution in [0, 0.1) is 0 Å². The third-order valence-electron chi connectivity index (χ3n) is 3.73. The summed E-state index contributed by atoms with van der Waals surface area (Å²) in [6.07, 6.45) is 12.1. The zero-order valence-electron chi connectivity index (χ0n) is 14.0. The number of esters is 1. The summed E-state index contributed by atoms with van der Waals surface area (Å²) in [7, 11) is 0. The van der Waals surface area contributed by atoms with Crippen LogP contribution in [-0.2, 0) is 16.1 Å². The number of rotatable bonds is 12. The second-order valence-electron chi connectivity index (χ2n) is 5.83. The molecule has 0 unspecified atom stereocenters. The molecule has 0 spiro atoms. The Kier molecular flexibility index (Phi) is 9.84. The summed E-state index contributed by atoms with van der Waals surface area (Å²) in [4.78, 5) is 22.8. The van der Waals surface area contributed by atoms with Crippen molar-refractivity contribution < 1.29 is 19.1 Å². The van der Waals surface area contributed by atoms with E-state index >= 15 is 0 Å². The smallest absolute Gasteiger partial charge is 0.306 e. The van der Waals surface area contributed by atoms with Crippen LogP contribution in [0.3, 0.4) is 0 Å². The van der Waals surface area contributed by atoms with Crippen molar-refractivity contribution in [3.05, 3.63) is 28.3 Å². The van der Waals surface area contributed by atoms with Crippen LogP contribution in [0.25, 0.3) is 0 Å². The lowest BCUT2D eigenvalue weighted by Gasteiger charge is -2.04. The summed E-state index contributed by atoms with van der Waals surface area (Å²) in [6.45, 7) is 2.14. The van der Waals surface area contributed by atoms with E-state index in [2.05, 4.69) is 6.92 Å². The van der Waals surface area contributed by atoms with Gasteiger partial charge < -0.3 is 14.3 Å². The number of ether oxygens (including phenoxy) is 1. The first-order chi connectivity index (χ1) is 11.1. The van der Waals surface area contributed by atoms with Crippen LogP contribution in [-0.4, -0.2) is 11.1 Å². The second kappa shape index (κ2) is 11.7. The van der Waals surface area contributed by atoms with Crippen molar-refractivity contribution in [1.29, 1.82) is 0 Å². The van der Waals surface area contributed by atoms with Gasteiger partial charge in [-0.05, 0) is 6.42 Å². The zero-order chi connectivity index (χ0) is 16.9. The fraction of sp³-hybridized carbons (Fsp3) is 0.667. The molecule has 0 saturated heterocycles. The topological polar surface area (TPSA) is 76.7 Å². The highest BCUT2D eigenvalue weighted by atomic mass is 16.5. The maximum Gasteiger partial charge on any atom is 0.306 e. The minimum atomic E-state index is -0.541. The standard InChI is InChI=1S/C18H28O5/c1-2-3-4-5-6-7-8-9-10-11-18(21)23-13-15-12-16(19)17(20)14-22-15/h12,14,20H,2-11,13H2,1H3. The molecule has 0 atom stereocenters. The number of aromatic hydroxyl groups is 1. The molecule has 130 valence electrons. The summed E-state index contributed by atoms with van der Waals surface area (Å²) in [6, 6.07) is 1.13. The Morgan fingerprint density at radius 3 is 2.30 bits per heavy atom. The summed E-state index contributed by atoms with van der Waals surface area (Å²) in [5.74, 6) is -0.508. The molecule has 5 nitrogen and oxygen atoms in total. The van der Waals surface area contributed by atoms with E-state index in [0.717, 1.165) is 31.6 Å². The Balaban J connectivity index is 2.02. The number of hydrogen-bond acceptors (Lipinski definition) is 5. The van der Waals surface area contributed by atoms with Crippen molar-refractivity contribution in [2.75, 3.05) is 0 Å². The molecule has 0 aromatic carbocycles. The van der Waals surface area contributed by atoms with Crippen LogP contribution in [0.15, 0.2) is 21.5 Å². The fourth-order valence-corrected chi connectivity index (χ4v) is 2.32. The van der Waals surface area contributed by atoms with Crippen molar-refractivity contribution in [3.63, 3.8) is 0 Å². The molecule has 0 fully saturated rings. The number of unbranched alkanes of at least 4 members (excludes halogenated alkanes) is 8. The third-order valence-corrected chi connectivity index (χ3v) is 3.73. The largest absolute Gasteiger partial charge is 0.502 e. The lowest BCUT2D eigenvalue weighted by atomic mass is 10.1. The van der Waals surface area contributed by atoms with E-state index in [1.807, 2.05) is 0 Å². The van der Waals surface area contributed by atoms with Gasteiger partial charge in [0, 0.05) is 12.5 Å². The fourth-order valence-electron chi connectivity index (χ4n) is 2.32. The first kappa shape index (κ1) is 19.3. The molecule has 0 aliphatic carbocycles. The molecule has 5 heteroatoms. The normalized spacial score (nSPS) is 10.7. The maximum absolute atomic E-state index is 11.6. The average Bonchev–Trinajstić information content (AvgIpc) is 2.54. The van der Waals surface area contributed by atoms with E-state index in [1.54, 1.807) is 0 Å². The Labute approximate surface area is 137 Å². The molecule has 23 heavy (non-hydrogen) atoms. The lowest BCUT2D eigenvalue weighted by molar-refractivity contribution is -0.145. The van der Waals surface area contributed by atoms with Gasteiger partial charge in [0.25, 0.3) is 0 Å². The molecule has 0 amide bonds. The third kappa shape index (κ3) is 9.06. The lowest BCUT2D eigenvalue weighted by Crippen LogP contribution is -2.06. The van der Waals surface area contributed by atoms with Gasteiger partial charge in [0.2, 0.25) is 5.43 Å². The summed E-state index contributed by atoms with van der Waals surface area (Å²) >= 11 is 0. The summed E-state index contributed by atoms with van der Waals surface area (Å²) < 4.78 is 10.0. The van der Waals surface area contributed by atoms with Crippen molar-refractivity contribution in [1.82, 2.24) is 0 Å². The molecule has 1 N–H and O–H groups in total. The van der Waals surface area contributed by atoms with E-state index in [0.29, 0.717) is 6.42 Å². The molecule has 1 heterocycles. The van der Waals surface area contributed by atoms with Gasteiger partial charge in [-0.1, -0.05) is 58.3 Å². The van der Waals surface area contributed by atoms with Crippen LogP contribution in [0.2, 0.25) is 0 Å². The second-order valence-corrected chi connectivity index (χ2v) is 5.83. The van der Waals surface area contributed by atoms with E-state index in [1.165, 1.54) is 38.5 Å². The first-order valence-electron chi connectivity index (χ1n) is 8.59. The Morgan fingerprint density at radius 1 is 1.09 bits per heavy atom. The average molecular weight is 324 g/mol. The molecule has 0 saturated carbocycles. The molecule has 0 aliphatic rings. The van der Waals surface area contributed by atoms with Gasteiger partial charge in [-0.3, -0.25) is 9.59 Å². The minimum Gasteiger partial charge on any atom is -0.502 e. The highest BCUT2D eigenvalue weighted by Gasteiger charge is 2.06. The SMILES string of the molecule is CCCCCCCCCCCC(=O)OCc1cc(=O)c(O)co1. The molecule has 1 aromatic rings. The molecule has 0 aliphatic heterocycles. The minimum absolute atomic E-state index is 0.0776. The van der Waals surface area contributed by atoms with E-state index in [9.17, 15) is 9.59 Å². The van der Waals surface area contributed by atoms with Gasteiger partial charge in [0.05, 0.1) is 0 Å². The molecule has 1 aromatic heterocycles. The predicted octanol–water partition coefficient (Wildman–Crippen LogP) is 4.31. The number of hydrogen-bond donors (Lipinski definition) is 1. The van der Waals surface area contributed by atoms with Crippen molar-refractivity contribution in [2.24, 2.45) is 0 Å². The van der Waals surface area contributed by atoms with Gasteiger partial charge in [-0.15, -0.1) is 0 Å². The van der Waals surface area contributed by atoms with E-state index in [4.69, 9.17) is 14.3 Å². The highest BCUT2D eigenvalue weighted by Crippen LogP contribution is 2.11. The monoisotopic (exact) mass is 324 g/mol. The van der Waals surface area contributed by atoms with Crippen molar-refractivity contribution in [2.45, 2.75) is 77.7 Å². The Morgan fingerprint density at radius 2 is 1.70 bits per heavy atom. The molecular weight excluding hydrogens is 296 g/mol. The van der Waals surface area contributed by atoms with Gasteiger partial charge in [0.15, 0.2) is 5.75 Å². The first-order valence-corrected chi connectivity index (χ1v) is 8.59. The van der Waals surface area contributed by atoms with Gasteiger partial charge in [0.1, 0.15) is 18.6 Å². The van der Waals surface area contributed by atoms with Crippen LogP contribution in [0.4, 0.5) is 0 Å². The van der Waals surface area contributed by atoms with Gasteiger partial charge in [-0.2, -0.15) is 0 Å². The van der Waals surface area contributed by atoms with Crippen molar-refractivity contribution >= 4 is 5.97 Å². The van der Waals surface area contributed by atoms with Gasteiger partial charge >= 0.3 is 5.97 Å². The van der Waals surface area contributed by atoms with Crippen LogP contribution < -0.4 is 5.43 Å². The Hall–Kier alpha value is -1.78. The zero-order valence-corrected chi connectivity index (χ0v) is 14.0. The van der Waals surface area contributed by atoms with Crippen molar-refractivity contribution in [3.8, 4) is 5.75 Å². The van der Waals surface area contributed by atoms with Crippen LogP contribution in [0.1, 0.15) is 76.9 Å². The molecule has 1 rings (SSSR count). The summed E-state index contributed by atoms with van der Waals surface area (Å²) in [5.41, 5.74) is -0.541. The van der Waals surface area contributed by atoms with Gasteiger partial charge in [-0.25, -0.2) is 0 Å². The number of carbonyl (C=O) groups is 1. The molecule has 0 bridgehead atoms. The Bertz CT molecular complexity index is 506. The van der Waals surface area contributed by atoms with Crippen LogP contribution in [0.5, 0.6) is 5.75 Å².